The van der Waals surface area contributed by atoms with E-state index < -0.39 is 15.4 Å². The highest BCUT2D eigenvalue weighted by Gasteiger charge is 2.40. The summed E-state index contributed by atoms with van der Waals surface area (Å²) in [6.45, 7) is 0.897. The summed E-state index contributed by atoms with van der Waals surface area (Å²) >= 11 is 1.24. The highest BCUT2D eigenvalue weighted by Crippen LogP contribution is 2.36. The third-order valence-electron chi connectivity index (χ3n) is 4.47. The van der Waals surface area contributed by atoms with Crippen molar-refractivity contribution in [1.82, 2.24) is 4.31 Å². The Kier molecular flexibility index (Phi) is 4.87. The molecule has 4 nitrogen and oxygen atoms in total. The van der Waals surface area contributed by atoms with Gasteiger partial charge in [-0.1, -0.05) is 36.4 Å². The summed E-state index contributed by atoms with van der Waals surface area (Å²) in [5.74, 6) is 0. The maximum absolute atomic E-state index is 12.8. The molecule has 0 bridgehead atoms. The van der Waals surface area contributed by atoms with E-state index in [1.54, 1.807) is 21.8 Å². The maximum atomic E-state index is 12.8. The van der Waals surface area contributed by atoms with Crippen molar-refractivity contribution in [1.29, 1.82) is 0 Å². The minimum atomic E-state index is -3.45. The summed E-state index contributed by atoms with van der Waals surface area (Å²) in [7, 11) is -3.45. The van der Waals surface area contributed by atoms with Crippen molar-refractivity contribution in [2.75, 3.05) is 19.7 Å². The van der Waals surface area contributed by atoms with E-state index in [4.69, 9.17) is 0 Å². The molecule has 0 spiro atoms. The molecular weight excluding hydrogens is 330 g/mol. The first-order chi connectivity index (χ1) is 11.1. The van der Waals surface area contributed by atoms with Crippen LogP contribution in [0.3, 0.4) is 0 Å². The molecule has 0 radical (unpaired) electrons. The van der Waals surface area contributed by atoms with Crippen molar-refractivity contribution in [2.24, 2.45) is 5.41 Å². The minimum absolute atomic E-state index is 0.00163. The van der Waals surface area contributed by atoms with Gasteiger partial charge in [0.1, 0.15) is 4.21 Å². The summed E-state index contributed by atoms with van der Waals surface area (Å²) < 4.78 is 27.4. The van der Waals surface area contributed by atoms with Crippen molar-refractivity contribution >= 4 is 21.4 Å². The smallest absolute Gasteiger partial charge is 0.252 e. The van der Waals surface area contributed by atoms with Gasteiger partial charge in [-0.25, -0.2) is 8.42 Å². The zero-order valence-corrected chi connectivity index (χ0v) is 14.5. The van der Waals surface area contributed by atoms with Gasteiger partial charge in [-0.05, 0) is 36.3 Å². The van der Waals surface area contributed by atoms with Crippen molar-refractivity contribution < 1.29 is 13.5 Å². The average Bonchev–Trinajstić information content (AvgIpc) is 3.11. The highest BCUT2D eigenvalue weighted by molar-refractivity contribution is 7.91. The molecular formula is C17H21NO3S2. The van der Waals surface area contributed by atoms with E-state index in [-0.39, 0.29) is 6.61 Å². The standard InChI is InChI=1S/C17H21NO3S2/c19-14-17(12-15-6-2-1-3-7-15)9-5-10-18(13-17)23(20,21)16-8-4-11-22-16/h1-4,6-8,11,19H,5,9-10,12-14H2. The molecule has 3 rings (SSSR count). The molecule has 1 fully saturated rings. The van der Waals surface area contributed by atoms with E-state index in [1.165, 1.54) is 11.3 Å². The number of hydrogen-bond acceptors (Lipinski definition) is 4. The number of benzene rings is 1. The quantitative estimate of drug-likeness (QED) is 0.901. The summed E-state index contributed by atoms with van der Waals surface area (Å²) in [6, 6.07) is 13.4. The van der Waals surface area contributed by atoms with Gasteiger partial charge in [-0.15, -0.1) is 11.3 Å². The Morgan fingerprint density at radius 3 is 2.61 bits per heavy atom. The number of aliphatic hydroxyl groups is 1. The fourth-order valence-corrected chi connectivity index (χ4v) is 6.00. The Bertz CT molecular complexity index is 728. The van der Waals surface area contributed by atoms with Crippen LogP contribution in [0.5, 0.6) is 0 Å². The molecule has 1 aliphatic heterocycles. The molecule has 2 aromatic rings. The number of rotatable bonds is 5. The van der Waals surface area contributed by atoms with Gasteiger partial charge < -0.3 is 5.11 Å². The fourth-order valence-electron chi connectivity index (χ4n) is 3.26. The monoisotopic (exact) mass is 351 g/mol. The van der Waals surface area contributed by atoms with Crippen molar-refractivity contribution in [2.45, 2.75) is 23.5 Å². The third kappa shape index (κ3) is 3.50. The molecule has 0 amide bonds. The van der Waals surface area contributed by atoms with Crippen molar-refractivity contribution in [3.05, 3.63) is 53.4 Å². The van der Waals surface area contributed by atoms with Crippen LogP contribution in [0.2, 0.25) is 0 Å². The summed E-state index contributed by atoms with van der Waals surface area (Å²) in [5.41, 5.74) is 0.737. The lowest BCUT2D eigenvalue weighted by Gasteiger charge is -2.41. The molecule has 0 saturated carbocycles. The topological polar surface area (TPSA) is 57.6 Å². The number of piperidine rings is 1. The summed E-state index contributed by atoms with van der Waals surface area (Å²) in [4.78, 5) is 0. The summed E-state index contributed by atoms with van der Waals surface area (Å²) in [5, 5.41) is 11.8. The molecule has 1 aromatic heterocycles. The predicted octanol–water partition coefficient (Wildman–Crippen LogP) is 2.75. The number of aliphatic hydroxyl groups excluding tert-OH is 1. The van der Waals surface area contributed by atoms with E-state index in [9.17, 15) is 13.5 Å². The van der Waals surface area contributed by atoms with Gasteiger partial charge >= 0.3 is 0 Å². The first-order valence-electron chi connectivity index (χ1n) is 7.74. The van der Waals surface area contributed by atoms with Crippen molar-refractivity contribution in [3.63, 3.8) is 0 Å². The first-order valence-corrected chi connectivity index (χ1v) is 10.1. The Morgan fingerprint density at radius 2 is 1.96 bits per heavy atom. The van der Waals surface area contributed by atoms with Crippen LogP contribution in [-0.4, -0.2) is 37.5 Å². The molecule has 1 unspecified atom stereocenters. The first kappa shape index (κ1) is 16.6. The lowest BCUT2D eigenvalue weighted by molar-refractivity contribution is 0.0646. The average molecular weight is 351 g/mol. The van der Waals surface area contributed by atoms with Crippen molar-refractivity contribution in [3.8, 4) is 0 Å². The largest absolute Gasteiger partial charge is 0.396 e. The van der Waals surface area contributed by atoms with E-state index in [0.717, 1.165) is 18.4 Å². The van der Waals surface area contributed by atoms with Crippen LogP contribution in [0.15, 0.2) is 52.1 Å². The lowest BCUT2D eigenvalue weighted by atomic mass is 9.76. The minimum Gasteiger partial charge on any atom is -0.396 e. The Labute approximate surface area is 141 Å². The Balaban J connectivity index is 1.84. The van der Waals surface area contributed by atoms with Crippen LogP contribution in [0.1, 0.15) is 18.4 Å². The molecule has 23 heavy (non-hydrogen) atoms. The molecule has 2 heterocycles. The molecule has 0 aliphatic carbocycles. The maximum Gasteiger partial charge on any atom is 0.252 e. The van der Waals surface area contributed by atoms with E-state index >= 15 is 0 Å². The van der Waals surface area contributed by atoms with E-state index in [2.05, 4.69) is 0 Å². The second kappa shape index (κ2) is 6.73. The highest BCUT2D eigenvalue weighted by atomic mass is 32.2. The van der Waals surface area contributed by atoms with Crippen LogP contribution in [-0.2, 0) is 16.4 Å². The van der Waals surface area contributed by atoms with Gasteiger partial charge in [0.25, 0.3) is 10.0 Å². The van der Waals surface area contributed by atoms with Crippen LogP contribution in [0.25, 0.3) is 0 Å². The van der Waals surface area contributed by atoms with Gasteiger partial charge in [-0.2, -0.15) is 4.31 Å². The Hall–Kier alpha value is -1.21. The molecule has 124 valence electrons. The van der Waals surface area contributed by atoms with Gasteiger partial charge in [0, 0.05) is 18.5 Å². The number of nitrogens with zero attached hydrogens (tertiary/aromatic N) is 1. The van der Waals surface area contributed by atoms with Crippen LogP contribution >= 0.6 is 11.3 Å². The van der Waals surface area contributed by atoms with E-state index in [0.29, 0.717) is 23.7 Å². The van der Waals surface area contributed by atoms with Gasteiger partial charge in [0.05, 0.1) is 6.61 Å². The lowest BCUT2D eigenvalue weighted by Crippen LogP contribution is -2.48. The van der Waals surface area contributed by atoms with Gasteiger partial charge in [0.2, 0.25) is 0 Å². The van der Waals surface area contributed by atoms with Crippen LogP contribution < -0.4 is 0 Å². The second-order valence-electron chi connectivity index (χ2n) is 6.19. The molecule has 1 atom stereocenters. The third-order valence-corrected chi connectivity index (χ3v) is 7.69. The van der Waals surface area contributed by atoms with Crippen LogP contribution in [0.4, 0.5) is 0 Å². The normalized spacial score (nSPS) is 23.0. The van der Waals surface area contributed by atoms with Gasteiger partial charge in [0.15, 0.2) is 0 Å². The molecule has 1 aliphatic rings. The second-order valence-corrected chi connectivity index (χ2v) is 9.31. The predicted molar refractivity (Wildman–Crippen MR) is 92.0 cm³/mol. The molecule has 1 saturated heterocycles. The SMILES string of the molecule is O=S(=O)(c1cccs1)N1CCCC(CO)(Cc2ccccc2)C1. The molecule has 1 N–H and O–H groups in total. The Morgan fingerprint density at radius 1 is 1.17 bits per heavy atom. The molecule has 1 aromatic carbocycles. The molecule has 6 heteroatoms. The number of sulfonamides is 1. The van der Waals surface area contributed by atoms with Crippen LogP contribution in [0, 0.1) is 5.41 Å². The zero-order chi connectivity index (χ0) is 16.3. The number of thiophene rings is 1. The fraction of sp³-hybridized carbons (Fsp3) is 0.412. The summed E-state index contributed by atoms with van der Waals surface area (Å²) in [6.07, 6.45) is 2.31. The zero-order valence-electron chi connectivity index (χ0n) is 12.9. The van der Waals surface area contributed by atoms with E-state index in [1.807, 2.05) is 30.3 Å². The van der Waals surface area contributed by atoms with Gasteiger partial charge in [-0.3, -0.25) is 0 Å². The number of hydrogen-bond donors (Lipinski definition) is 1.